The standard InChI is InChI=1S/C22H25N3O2S/c1-14-12-15(2)17(4)21(16(14)3)28(26,27)25-10-7-18(8-11-25)20-13-24-22-19(20)6-5-9-23-22/h5-7,9,12-13H,8,10-11H2,1-4H3,(H,23,24). The molecule has 0 saturated carbocycles. The summed E-state index contributed by atoms with van der Waals surface area (Å²) in [4.78, 5) is 8.00. The Kier molecular flexibility index (Phi) is 4.63. The van der Waals surface area contributed by atoms with Gasteiger partial charge in [-0.25, -0.2) is 13.4 Å². The van der Waals surface area contributed by atoms with Crippen LogP contribution in [0.3, 0.4) is 0 Å². The van der Waals surface area contributed by atoms with Crippen LogP contribution in [-0.2, 0) is 10.0 Å². The number of sulfonamides is 1. The van der Waals surface area contributed by atoms with Crippen molar-refractivity contribution in [1.82, 2.24) is 14.3 Å². The molecule has 0 fully saturated rings. The van der Waals surface area contributed by atoms with Gasteiger partial charge >= 0.3 is 0 Å². The minimum absolute atomic E-state index is 0.385. The highest BCUT2D eigenvalue weighted by Crippen LogP contribution is 2.33. The van der Waals surface area contributed by atoms with Crippen LogP contribution in [0.4, 0.5) is 0 Å². The van der Waals surface area contributed by atoms with E-state index in [1.807, 2.05) is 52.1 Å². The lowest BCUT2D eigenvalue weighted by atomic mass is 10.0. The van der Waals surface area contributed by atoms with Crippen LogP contribution in [0.15, 0.2) is 41.6 Å². The molecule has 3 heterocycles. The van der Waals surface area contributed by atoms with Gasteiger partial charge in [0.2, 0.25) is 10.0 Å². The van der Waals surface area contributed by atoms with Crippen molar-refractivity contribution in [3.8, 4) is 0 Å². The molecule has 1 aliphatic rings. The second kappa shape index (κ2) is 6.87. The van der Waals surface area contributed by atoms with Gasteiger partial charge in [-0.1, -0.05) is 12.1 Å². The summed E-state index contributed by atoms with van der Waals surface area (Å²) in [6.45, 7) is 8.61. The maximum Gasteiger partial charge on any atom is 0.243 e. The number of aromatic amines is 1. The Morgan fingerprint density at radius 2 is 1.82 bits per heavy atom. The zero-order chi connectivity index (χ0) is 20.1. The molecule has 1 aliphatic heterocycles. The molecule has 0 unspecified atom stereocenters. The normalized spacial score (nSPS) is 15.8. The van der Waals surface area contributed by atoms with Crippen LogP contribution in [0.25, 0.3) is 16.6 Å². The summed E-state index contributed by atoms with van der Waals surface area (Å²) >= 11 is 0. The van der Waals surface area contributed by atoms with Crippen LogP contribution in [-0.4, -0.2) is 35.8 Å². The van der Waals surface area contributed by atoms with Gasteiger partial charge in [0.05, 0.1) is 4.90 Å². The second-order valence-corrected chi connectivity index (χ2v) is 9.41. The van der Waals surface area contributed by atoms with E-state index in [9.17, 15) is 8.42 Å². The summed E-state index contributed by atoms with van der Waals surface area (Å²) in [5.41, 5.74) is 6.86. The quantitative estimate of drug-likeness (QED) is 0.720. The maximum atomic E-state index is 13.4. The van der Waals surface area contributed by atoms with Crippen molar-refractivity contribution in [1.29, 1.82) is 0 Å². The van der Waals surface area contributed by atoms with Crippen molar-refractivity contribution < 1.29 is 8.42 Å². The van der Waals surface area contributed by atoms with Gasteiger partial charge in [-0.3, -0.25) is 0 Å². The number of hydrogen-bond acceptors (Lipinski definition) is 3. The van der Waals surface area contributed by atoms with Gasteiger partial charge in [0, 0.05) is 36.4 Å². The third-order valence-electron chi connectivity index (χ3n) is 5.86. The lowest BCUT2D eigenvalue weighted by molar-refractivity contribution is 0.440. The van der Waals surface area contributed by atoms with E-state index < -0.39 is 10.0 Å². The molecule has 4 rings (SSSR count). The first kappa shape index (κ1) is 18.9. The van der Waals surface area contributed by atoms with Crippen molar-refractivity contribution in [2.45, 2.75) is 39.0 Å². The molecular weight excluding hydrogens is 370 g/mol. The Bertz CT molecular complexity index is 1180. The highest BCUT2D eigenvalue weighted by Gasteiger charge is 2.30. The van der Waals surface area contributed by atoms with Crippen molar-refractivity contribution in [3.63, 3.8) is 0 Å². The molecule has 0 aliphatic carbocycles. The van der Waals surface area contributed by atoms with Gasteiger partial charge in [0.25, 0.3) is 0 Å². The summed E-state index contributed by atoms with van der Waals surface area (Å²) < 4.78 is 28.4. The largest absolute Gasteiger partial charge is 0.346 e. The molecule has 0 bridgehead atoms. The fraction of sp³-hybridized carbons (Fsp3) is 0.318. The van der Waals surface area contributed by atoms with Crippen molar-refractivity contribution in [2.24, 2.45) is 0 Å². The smallest absolute Gasteiger partial charge is 0.243 e. The summed E-state index contributed by atoms with van der Waals surface area (Å²) in [5, 5.41) is 1.08. The van der Waals surface area contributed by atoms with E-state index in [1.165, 1.54) is 5.57 Å². The molecule has 3 aromatic rings. The van der Waals surface area contributed by atoms with Crippen LogP contribution in [0, 0.1) is 27.7 Å². The minimum atomic E-state index is -3.53. The average molecular weight is 396 g/mol. The van der Waals surface area contributed by atoms with E-state index in [-0.39, 0.29) is 0 Å². The third kappa shape index (κ3) is 2.97. The molecule has 0 atom stereocenters. The number of pyridine rings is 1. The highest BCUT2D eigenvalue weighted by molar-refractivity contribution is 7.89. The number of aryl methyl sites for hydroxylation is 2. The number of rotatable bonds is 3. The molecule has 1 aromatic carbocycles. The Morgan fingerprint density at radius 1 is 1.11 bits per heavy atom. The van der Waals surface area contributed by atoms with E-state index in [4.69, 9.17) is 0 Å². The fourth-order valence-corrected chi connectivity index (χ4v) is 5.99. The molecule has 0 saturated heterocycles. The molecule has 2 aromatic heterocycles. The van der Waals surface area contributed by atoms with Crippen LogP contribution in [0.1, 0.15) is 34.2 Å². The molecule has 5 nitrogen and oxygen atoms in total. The SMILES string of the molecule is Cc1cc(C)c(C)c(S(=O)(=O)N2CC=C(c3c[nH]c4ncccc34)CC2)c1C. The lowest BCUT2D eigenvalue weighted by Gasteiger charge is -2.28. The molecule has 1 N–H and O–H groups in total. The average Bonchev–Trinajstić information content (AvgIpc) is 3.11. The molecule has 6 heteroatoms. The Balaban J connectivity index is 1.68. The van der Waals surface area contributed by atoms with E-state index in [0.29, 0.717) is 24.4 Å². The van der Waals surface area contributed by atoms with Gasteiger partial charge in [0.1, 0.15) is 5.65 Å². The first-order valence-electron chi connectivity index (χ1n) is 9.49. The number of fused-ring (bicyclic) bond motifs is 1. The summed E-state index contributed by atoms with van der Waals surface area (Å²) in [7, 11) is -3.53. The van der Waals surface area contributed by atoms with Crippen molar-refractivity contribution >= 4 is 26.6 Å². The van der Waals surface area contributed by atoms with Crippen LogP contribution >= 0.6 is 0 Å². The number of hydrogen-bond donors (Lipinski definition) is 1. The number of nitrogens with one attached hydrogen (secondary N) is 1. The molecule has 146 valence electrons. The van der Waals surface area contributed by atoms with Crippen molar-refractivity contribution in [2.75, 3.05) is 13.1 Å². The monoisotopic (exact) mass is 395 g/mol. The predicted molar refractivity (Wildman–Crippen MR) is 113 cm³/mol. The van der Waals surface area contributed by atoms with Gasteiger partial charge in [0.15, 0.2) is 0 Å². The van der Waals surface area contributed by atoms with E-state index in [1.54, 1.807) is 10.5 Å². The maximum absolute atomic E-state index is 13.4. The minimum Gasteiger partial charge on any atom is -0.346 e. The van der Waals surface area contributed by atoms with Crippen LogP contribution in [0.2, 0.25) is 0 Å². The predicted octanol–water partition coefficient (Wildman–Crippen LogP) is 4.27. The molecule has 0 amide bonds. The van der Waals surface area contributed by atoms with Gasteiger partial charge < -0.3 is 4.98 Å². The Labute approximate surface area is 166 Å². The van der Waals surface area contributed by atoms with Gasteiger partial charge in [-0.2, -0.15) is 4.31 Å². The van der Waals surface area contributed by atoms with Gasteiger partial charge in [-0.15, -0.1) is 0 Å². The zero-order valence-electron chi connectivity index (χ0n) is 16.7. The topological polar surface area (TPSA) is 66.1 Å². The number of aromatic nitrogens is 2. The lowest BCUT2D eigenvalue weighted by Crippen LogP contribution is -2.35. The number of benzene rings is 1. The van der Waals surface area contributed by atoms with E-state index in [2.05, 4.69) is 16.0 Å². The summed E-state index contributed by atoms with van der Waals surface area (Å²) in [6.07, 6.45) is 6.44. The number of H-pyrrole nitrogens is 1. The Morgan fingerprint density at radius 3 is 2.46 bits per heavy atom. The summed E-state index contributed by atoms with van der Waals surface area (Å²) in [5.74, 6) is 0. The van der Waals surface area contributed by atoms with E-state index >= 15 is 0 Å². The van der Waals surface area contributed by atoms with Crippen LogP contribution in [0.5, 0.6) is 0 Å². The molecule has 0 spiro atoms. The highest BCUT2D eigenvalue weighted by atomic mass is 32.2. The summed E-state index contributed by atoms with van der Waals surface area (Å²) in [6, 6.07) is 6.02. The van der Waals surface area contributed by atoms with Crippen LogP contribution < -0.4 is 0 Å². The zero-order valence-corrected chi connectivity index (χ0v) is 17.5. The van der Waals surface area contributed by atoms with Crippen molar-refractivity contribution in [3.05, 3.63) is 64.5 Å². The number of nitrogens with zero attached hydrogens (tertiary/aromatic N) is 2. The molecule has 0 radical (unpaired) electrons. The molecular formula is C22H25N3O2S. The van der Waals surface area contributed by atoms with Gasteiger partial charge in [-0.05, 0) is 74.1 Å². The third-order valence-corrected chi connectivity index (χ3v) is 8.00. The molecule has 28 heavy (non-hydrogen) atoms. The van der Waals surface area contributed by atoms with E-state index in [0.717, 1.165) is 38.9 Å². The first-order chi connectivity index (χ1) is 13.3. The second-order valence-electron chi connectivity index (χ2n) is 7.53. The Hall–Kier alpha value is -2.44. The fourth-order valence-electron chi connectivity index (χ4n) is 4.03. The first-order valence-corrected chi connectivity index (χ1v) is 10.9.